The molecule has 0 aromatic heterocycles. The Kier molecular flexibility index (Phi) is 5.17. The van der Waals surface area contributed by atoms with E-state index in [-0.39, 0.29) is 0 Å². The minimum absolute atomic E-state index is 0.625. The molecule has 0 aromatic carbocycles. The smallest absolute Gasteiger partial charge is 0.211 e. The fraction of sp³-hybridized carbons (Fsp3) is 0.167. The molecule has 0 aliphatic heterocycles. The van der Waals surface area contributed by atoms with Crippen LogP contribution in [-0.4, -0.2) is 6.41 Å². The molecule has 0 aromatic rings. The first-order valence-electron chi connectivity index (χ1n) is 2.37. The SMILES string of the molecule is C=CC/C=C/NC=O. The van der Waals surface area contributed by atoms with Crippen LogP contribution in [-0.2, 0) is 4.79 Å². The first-order chi connectivity index (χ1) is 3.91. The summed E-state index contributed by atoms with van der Waals surface area (Å²) in [6, 6.07) is 0. The molecule has 1 N–H and O–H groups in total. The maximum atomic E-state index is 9.58. The van der Waals surface area contributed by atoms with Gasteiger partial charge in [0.2, 0.25) is 6.41 Å². The number of allylic oxidation sites excluding steroid dienone is 2. The Morgan fingerprint density at radius 2 is 2.38 bits per heavy atom. The minimum Gasteiger partial charge on any atom is -0.336 e. The Balaban J connectivity index is 3.06. The third-order valence-corrected chi connectivity index (χ3v) is 0.585. The van der Waals surface area contributed by atoms with Gasteiger partial charge in [-0.25, -0.2) is 0 Å². The topological polar surface area (TPSA) is 29.1 Å². The zero-order chi connectivity index (χ0) is 6.24. The van der Waals surface area contributed by atoms with E-state index in [2.05, 4.69) is 11.9 Å². The highest BCUT2D eigenvalue weighted by Crippen LogP contribution is 1.77. The van der Waals surface area contributed by atoms with Gasteiger partial charge in [0.25, 0.3) is 0 Å². The lowest BCUT2D eigenvalue weighted by atomic mass is 10.4. The summed E-state index contributed by atoms with van der Waals surface area (Å²) in [6.07, 6.45) is 6.56. The van der Waals surface area contributed by atoms with Crippen LogP contribution in [0.1, 0.15) is 6.42 Å². The number of hydrogen-bond acceptors (Lipinski definition) is 1. The lowest BCUT2D eigenvalue weighted by Crippen LogP contribution is -1.97. The molecule has 0 saturated heterocycles. The number of amides is 1. The van der Waals surface area contributed by atoms with E-state index in [1.807, 2.05) is 0 Å². The lowest BCUT2D eigenvalue weighted by molar-refractivity contribution is -0.108. The van der Waals surface area contributed by atoms with E-state index in [1.165, 1.54) is 0 Å². The van der Waals surface area contributed by atoms with Crippen LogP contribution >= 0.6 is 0 Å². The van der Waals surface area contributed by atoms with Crippen molar-refractivity contribution in [1.29, 1.82) is 0 Å². The fourth-order valence-electron chi connectivity index (χ4n) is 0.272. The second kappa shape index (κ2) is 5.95. The fourth-order valence-corrected chi connectivity index (χ4v) is 0.272. The zero-order valence-electron chi connectivity index (χ0n) is 4.63. The molecule has 0 bridgehead atoms. The predicted octanol–water partition coefficient (Wildman–Crippen LogP) is 0.822. The van der Waals surface area contributed by atoms with Crippen LogP contribution in [0.2, 0.25) is 0 Å². The van der Waals surface area contributed by atoms with Gasteiger partial charge in [-0.15, -0.1) is 6.58 Å². The third kappa shape index (κ3) is 4.95. The Morgan fingerprint density at radius 1 is 1.62 bits per heavy atom. The zero-order valence-corrected chi connectivity index (χ0v) is 4.63. The van der Waals surface area contributed by atoms with Gasteiger partial charge in [-0.1, -0.05) is 12.2 Å². The van der Waals surface area contributed by atoms with Gasteiger partial charge in [-0.3, -0.25) is 4.79 Å². The first-order valence-corrected chi connectivity index (χ1v) is 2.37. The molecule has 0 heterocycles. The third-order valence-electron chi connectivity index (χ3n) is 0.585. The largest absolute Gasteiger partial charge is 0.336 e. The summed E-state index contributed by atoms with van der Waals surface area (Å²) in [6.45, 7) is 3.49. The molecule has 2 nitrogen and oxygen atoms in total. The van der Waals surface area contributed by atoms with Crippen LogP contribution in [0, 0.1) is 0 Å². The Hall–Kier alpha value is -1.05. The van der Waals surface area contributed by atoms with E-state index in [0.29, 0.717) is 6.41 Å². The summed E-state index contributed by atoms with van der Waals surface area (Å²) in [5.41, 5.74) is 0. The van der Waals surface area contributed by atoms with Gasteiger partial charge in [-0.2, -0.15) is 0 Å². The Bertz CT molecular complexity index is 84.7. The van der Waals surface area contributed by atoms with Crippen molar-refractivity contribution in [1.82, 2.24) is 5.32 Å². The molecule has 0 fully saturated rings. The molecule has 1 amide bonds. The van der Waals surface area contributed by atoms with Crippen molar-refractivity contribution >= 4 is 6.41 Å². The number of rotatable bonds is 4. The highest BCUT2D eigenvalue weighted by molar-refractivity contribution is 5.47. The van der Waals surface area contributed by atoms with Crippen molar-refractivity contribution in [2.75, 3.05) is 0 Å². The van der Waals surface area contributed by atoms with E-state index in [0.717, 1.165) is 6.42 Å². The molecule has 0 saturated carbocycles. The van der Waals surface area contributed by atoms with Crippen LogP contribution in [0.4, 0.5) is 0 Å². The van der Waals surface area contributed by atoms with Gasteiger partial charge in [0.05, 0.1) is 0 Å². The summed E-state index contributed by atoms with van der Waals surface area (Å²) in [4.78, 5) is 9.58. The number of hydrogen-bond donors (Lipinski definition) is 1. The van der Waals surface area contributed by atoms with Gasteiger partial charge >= 0.3 is 0 Å². The summed E-state index contributed by atoms with van der Waals surface area (Å²) in [7, 11) is 0. The van der Waals surface area contributed by atoms with E-state index >= 15 is 0 Å². The maximum absolute atomic E-state index is 9.58. The van der Waals surface area contributed by atoms with Crippen molar-refractivity contribution < 1.29 is 4.79 Å². The lowest BCUT2D eigenvalue weighted by Gasteiger charge is -1.79. The van der Waals surface area contributed by atoms with E-state index in [1.54, 1.807) is 18.4 Å². The molecule has 0 radical (unpaired) electrons. The molecule has 0 rings (SSSR count). The molecule has 44 valence electrons. The maximum Gasteiger partial charge on any atom is 0.211 e. The minimum atomic E-state index is 0.625. The Labute approximate surface area is 48.9 Å². The van der Waals surface area contributed by atoms with Crippen LogP contribution in [0.3, 0.4) is 0 Å². The highest BCUT2D eigenvalue weighted by Gasteiger charge is 1.65. The second-order valence-electron chi connectivity index (χ2n) is 1.21. The molecule has 2 heteroatoms. The number of carbonyl (C=O) groups excluding carboxylic acids is 1. The molecule has 0 aliphatic rings. The summed E-state index contributed by atoms with van der Waals surface area (Å²) < 4.78 is 0. The van der Waals surface area contributed by atoms with Crippen molar-refractivity contribution in [3.63, 3.8) is 0 Å². The highest BCUT2D eigenvalue weighted by atomic mass is 16.1. The van der Waals surface area contributed by atoms with Crippen LogP contribution in [0.15, 0.2) is 24.9 Å². The Morgan fingerprint density at radius 3 is 2.88 bits per heavy atom. The molecule has 8 heavy (non-hydrogen) atoms. The van der Waals surface area contributed by atoms with Crippen molar-refractivity contribution in [3.8, 4) is 0 Å². The van der Waals surface area contributed by atoms with Crippen molar-refractivity contribution in [2.45, 2.75) is 6.42 Å². The second-order valence-corrected chi connectivity index (χ2v) is 1.21. The molecule has 0 spiro atoms. The molecular formula is C6H9NO. The number of carbonyl (C=O) groups is 1. The summed E-state index contributed by atoms with van der Waals surface area (Å²) in [5, 5.41) is 2.37. The molecule has 0 aliphatic carbocycles. The van der Waals surface area contributed by atoms with Crippen LogP contribution in [0.25, 0.3) is 0 Å². The van der Waals surface area contributed by atoms with Gasteiger partial charge in [0.1, 0.15) is 0 Å². The average Bonchev–Trinajstić information content (AvgIpc) is 1.81. The van der Waals surface area contributed by atoms with E-state index in [4.69, 9.17) is 0 Å². The molecule has 0 unspecified atom stereocenters. The predicted molar refractivity (Wildman–Crippen MR) is 33.2 cm³/mol. The first kappa shape index (κ1) is 6.95. The average molecular weight is 111 g/mol. The van der Waals surface area contributed by atoms with Crippen LogP contribution < -0.4 is 5.32 Å². The molecule has 0 atom stereocenters. The summed E-state index contributed by atoms with van der Waals surface area (Å²) in [5.74, 6) is 0. The van der Waals surface area contributed by atoms with Gasteiger partial charge in [0, 0.05) is 0 Å². The van der Waals surface area contributed by atoms with E-state index < -0.39 is 0 Å². The van der Waals surface area contributed by atoms with Crippen LogP contribution in [0.5, 0.6) is 0 Å². The normalized spacial score (nSPS) is 9.00. The van der Waals surface area contributed by atoms with Gasteiger partial charge in [-0.05, 0) is 12.6 Å². The standard InChI is InChI=1S/C6H9NO/c1-2-3-4-5-7-6-8/h2,4-6H,1,3H2,(H,7,8)/b5-4+. The van der Waals surface area contributed by atoms with E-state index in [9.17, 15) is 4.79 Å². The summed E-state index contributed by atoms with van der Waals surface area (Å²) >= 11 is 0. The van der Waals surface area contributed by atoms with Crippen molar-refractivity contribution in [2.24, 2.45) is 0 Å². The van der Waals surface area contributed by atoms with Gasteiger partial charge in [0.15, 0.2) is 0 Å². The quantitative estimate of drug-likeness (QED) is 0.422. The van der Waals surface area contributed by atoms with Crippen molar-refractivity contribution in [3.05, 3.63) is 24.9 Å². The number of nitrogens with one attached hydrogen (secondary N) is 1. The molecular weight excluding hydrogens is 102 g/mol. The van der Waals surface area contributed by atoms with Gasteiger partial charge < -0.3 is 5.32 Å². The monoisotopic (exact) mass is 111 g/mol.